The lowest BCUT2D eigenvalue weighted by molar-refractivity contribution is 0.289. The van der Waals surface area contributed by atoms with Gasteiger partial charge in [-0.3, -0.25) is 4.57 Å². The van der Waals surface area contributed by atoms with E-state index in [-0.39, 0.29) is 0 Å². The molecule has 4 aromatic rings. The summed E-state index contributed by atoms with van der Waals surface area (Å²) in [7, 11) is 0. The number of rotatable bonds is 8. The van der Waals surface area contributed by atoms with Crippen molar-refractivity contribution in [2.75, 3.05) is 0 Å². The van der Waals surface area contributed by atoms with Crippen LogP contribution in [0.15, 0.2) is 59.1 Å². The van der Waals surface area contributed by atoms with Crippen molar-refractivity contribution in [3.8, 4) is 11.4 Å². The number of ether oxygens (including phenoxy) is 1. The van der Waals surface area contributed by atoms with Gasteiger partial charge in [-0.25, -0.2) is 4.98 Å². The standard InChI is InChI=1S/C23H24N4OS2/c1-4-21-24-18(14-29-21)15-30-23-26-25-20(27(23)19-11-6-5-7-12-19)13-28-22-16(2)9-8-10-17(22)3/h5-12,14H,4,13,15H2,1-3H3. The van der Waals surface area contributed by atoms with E-state index in [9.17, 15) is 0 Å². The molecule has 2 aromatic heterocycles. The lowest BCUT2D eigenvalue weighted by Crippen LogP contribution is -2.07. The maximum absolute atomic E-state index is 6.17. The molecule has 154 valence electrons. The first kappa shape index (κ1) is 20.6. The normalized spacial score (nSPS) is 11.0. The minimum atomic E-state index is 0.352. The van der Waals surface area contributed by atoms with Gasteiger partial charge in [0.1, 0.15) is 12.4 Å². The zero-order valence-electron chi connectivity index (χ0n) is 17.3. The molecule has 0 radical (unpaired) electrons. The molecule has 0 N–H and O–H groups in total. The Balaban J connectivity index is 1.59. The lowest BCUT2D eigenvalue weighted by atomic mass is 10.1. The third-order valence-electron chi connectivity index (χ3n) is 4.72. The predicted octanol–water partition coefficient (Wildman–Crippen LogP) is 5.77. The maximum Gasteiger partial charge on any atom is 0.196 e. The van der Waals surface area contributed by atoms with Crippen LogP contribution in [0.1, 0.15) is 34.6 Å². The van der Waals surface area contributed by atoms with E-state index in [2.05, 4.69) is 70.2 Å². The van der Waals surface area contributed by atoms with Gasteiger partial charge in [-0.15, -0.1) is 21.5 Å². The first-order valence-electron chi connectivity index (χ1n) is 9.90. The maximum atomic E-state index is 6.17. The minimum Gasteiger partial charge on any atom is -0.485 e. The molecular formula is C23H24N4OS2. The molecule has 5 nitrogen and oxygen atoms in total. The average molecular weight is 437 g/mol. The summed E-state index contributed by atoms with van der Waals surface area (Å²) in [4.78, 5) is 4.66. The van der Waals surface area contributed by atoms with E-state index < -0.39 is 0 Å². The number of thiazole rings is 1. The number of aromatic nitrogens is 4. The van der Waals surface area contributed by atoms with E-state index in [0.717, 1.165) is 56.4 Å². The molecule has 0 bridgehead atoms. The topological polar surface area (TPSA) is 52.8 Å². The predicted molar refractivity (Wildman–Crippen MR) is 123 cm³/mol. The summed E-state index contributed by atoms with van der Waals surface area (Å²) in [6.45, 7) is 6.60. The minimum absolute atomic E-state index is 0.352. The smallest absolute Gasteiger partial charge is 0.196 e. The van der Waals surface area contributed by atoms with Crippen LogP contribution in [0.25, 0.3) is 5.69 Å². The number of nitrogens with zero attached hydrogens (tertiary/aromatic N) is 4. The molecule has 2 heterocycles. The Hall–Kier alpha value is -2.64. The van der Waals surface area contributed by atoms with E-state index in [1.165, 1.54) is 0 Å². The third-order valence-corrected chi connectivity index (χ3v) is 6.72. The van der Waals surface area contributed by atoms with Crippen molar-refractivity contribution in [1.82, 2.24) is 19.7 Å². The van der Waals surface area contributed by atoms with Crippen LogP contribution in [0.4, 0.5) is 0 Å². The Bertz CT molecular complexity index is 1100. The Kier molecular flexibility index (Phi) is 6.50. The van der Waals surface area contributed by atoms with Crippen LogP contribution in [0, 0.1) is 13.8 Å². The highest BCUT2D eigenvalue weighted by Crippen LogP contribution is 2.28. The summed E-state index contributed by atoms with van der Waals surface area (Å²) in [5, 5.41) is 13.0. The Labute approximate surface area is 185 Å². The highest BCUT2D eigenvalue weighted by atomic mass is 32.2. The van der Waals surface area contributed by atoms with E-state index in [1.54, 1.807) is 23.1 Å². The van der Waals surface area contributed by atoms with Crippen LogP contribution in [-0.4, -0.2) is 19.7 Å². The van der Waals surface area contributed by atoms with Gasteiger partial charge in [-0.05, 0) is 43.5 Å². The highest BCUT2D eigenvalue weighted by Gasteiger charge is 2.16. The van der Waals surface area contributed by atoms with Crippen molar-refractivity contribution in [3.63, 3.8) is 0 Å². The molecule has 0 atom stereocenters. The number of benzene rings is 2. The zero-order valence-corrected chi connectivity index (χ0v) is 19.0. The summed E-state index contributed by atoms with van der Waals surface area (Å²) in [5.41, 5.74) is 4.34. The Morgan fingerprint density at radius 3 is 2.47 bits per heavy atom. The van der Waals surface area contributed by atoms with Gasteiger partial charge in [0.05, 0.1) is 10.7 Å². The van der Waals surface area contributed by atoms with Crippen LogP contribution in [0.2, 0.25) is 0 Å². The fraction of sp³-hybridized carbons (Fsp3) is 0.261. The van der Waals surface area contributed by atoms with E-state index in [1.807, 2.05) is 24.3 Å². The second-order valence-electron chi connectivity index (χ2n) is 6.95. The molecule has 0 fully saturated rings. The third kappa shape index (κ3) is 4.57. The van der Waals surface area contributed by atoms with Gasteiger partial charge in [0.25, 0.3) is 0 Å². The molecule has 0 aliphatic heterocycles. The molecule has 0 aliphatic rings. The van der Waals surface area contributed by atoms with Gasteiger partial charge in [-0.2, -0.15) is 0 Å². The second-order valence-corrected chi connectivity index (χ2v) is 8.84. The van der Waals surface area contributed by atoms with Crippen LogP contribution >= 0.6 is 23.1 Å². The van der Waals surface area contributed by atoms with Crippen molar-refractivity contribution in [1.29, 1.82) is 0 Å². The van der Waals surface area contributed by atoms with Gasteiger partial charge < -0.3 is 4.74 Å². The molecular weight excluding hydrogens is 412 g/mol. The van der Waals surface area contributed by atoms with Gasteiger partial charge in [0.2, 0.25) is 0 Å². The number of para-hydroxylation sites is 2. The fourth-order valence-corrected chi connectivity index (χ4v) is 4.92. The summed E-state index contributed by atoms with van der Waals surface area (Å²) in [6.07, 6.45) is 0.968. The van der Waals surface area contributed by atoms with Crippen LogP contribution in [0.3, 0.4) is 0 Å². The van der Waals surface area contributed by atoms with Crippen LogP contribution < -0.4 is 4.74 Å². The summed E-state index contributed by atoms with van der Waals surface area (Å²) >= 11 is 3.36. The Morgan fingerprint density at radius 2 is 1.77 bits per heavy atom. The monoisotopic (exact) mass is 436 g/mol. The van der Waals surface area contributed by atoms with Gasteiger partial charge in [0, 0.05) is 16.8 Å². The molecule has 7 heteroatoms. The molecule has 30 heavy (non-hydrogen) atoms. The molecule has 0 saturated heterocycles. The Morgan fingerprint density at radius 1 is 1.00 bits per heavy atom. The molecule has 0 saturated carbocycles. The number of thioether (sulfide) groups is 1. The first-order valence-corrected chi connectivity index (χ1v) is 11.8. The molecule has 0 spiro atoms. The van der Waals surface area contributed by atoms with Crippen molar-refractivity contribution in [2.45, 2.75) is 44.7 Å². The SMILES string of the molecule is CCc1nc(CSc2nnc(COc3c(C)cccc3C)n2-c2ccccc2)cs1. The van der Waals surface area contributed by atoms with Gasteiger partial charge >= 0.3 is 0 Å². The second kappa shape index (κ2) is 9.45. The summed E-state index contributed by atoms with van der Waals surface area (Å²) < 4.78 is 8.24. The van der Waals surface area contributed by atoms with E-state index in [0.29, 0.717) is 6.61 Å². The molecule has 0 aliphatic carbocycles. The van der Waals surface area contributed by atoms with Gasteiger partial charge in [0.15, 0.2) is 11.0 Å². The first-order chi connectivity index (χ1) is 14.7. The molecule has 4 rings (SSSR count). The van der Waals surface area contributed by atoms with E-state index in [4.69, 9.17) is 4.74 Å². The molecule has 2 aromatic carbocycles. The van der Waals surface area contributed by atoms with Crippen LogP contribution in [-0.2, 0) is 18.8 Å². The van der Waals surface area contributed by atoms with Crippen molar-refractivity contribution in [3.05, 3.63) is 81.6 Å². The quantitative estimate of drug-likeness (QED) is 0.328. The number of hydrogen-bond donors (Lipinski definition) is 0. The molecule has 0 unspecified atom stereocenters. The average Bonchev–Trinajstić information content (AvgIpc) is 3.39. The molecule has 0 amide bonds. The van der Waals surface area contributed by atoms with E-state index >= 15 is 0 Å². The zero-order chi connectivity index (χ0) is 20.9. The van der Waals surface area contributed by atoms with Crippen molar-refractivity contribution >= 4 is 23.1 Å². The van der Waals surface area contributed by atoms with Gasteiger partial charge in [-0.1, -0.05) is 55.1 Å². The summed E-state index contributed by atoms with van der Waals surface area (Å²) in [5.74, 6) is 2.45. The largest absolute Gasteiger partial charge is 0.485 e. The lowest BCUT2D eigenvalue weighted by Gasteiger charge is -2.13. The van der Waals surface area contributed by atoms with Crippen LogP contribution in [0.5, 0.6) is 5.75 Å². The van der Waals surface area contributed by atoms with Crippen molar-refractivity contribution in [2.24, 2.45) is 0 Å². The number of hydrogen-bond acceptors (Lipinski definition) is 6. The van der Waals surface area contributed by atoms with Crippen molar-refractivity contribution < 1.29 is 4.74 Å². The highest BCUT2D eigenvalue weighted by molar-refractivity contribution is 7.98. The summed E-state index contributed by atoms with van der Waals surface area (Å²) in [6, 6.07) is 16.3. The fourth-order valence-electron chi connectivity index (χ4n) is 3.20. The number of aryl methyl sites for hydroxylation is 3.